The third kappa shape index (κ3) is 5.45. The maximum absolute atomic E-state index is 8.96. The molecule has 62 valence electrons. The second-order valence-electron chi connectivity index (χ2n) is 2.47. The molecule has 2 atom stereocenters. The van der Waals surface area contributed by atoms with E-state index < -0.39 is 6.10 Å². The SMILES string of the molecule is C=CC[C@H](CC(C)O)N=[N+]=[N-]. The van der Waals surface area contributed by atoms with Gasteiger partial charge in [0.2, 0.25) is 0 Å². The third-order valence-corrected chi connectivity index (χ3v) is 1.27. The summed E-state index contributed by atoms with van der Waals surface area (Å²) >= 11 is 0. The Labute approximate surface area is 66.2 Å². The van der Waals surface area contributed by atoms with Crippen LogP contribution in [0.5, 0.6) is 0 Å². The third-order valence-electron chi connectivity index (χ3n) is 1.27. The molecule has 1 N–H and O–H groups in total. The van der Waals surface area contributed by atoms with Crippen molar-refractivity contribution < 1.29 is 5.11 Å². The van der Waals surface area contributed by atoms with Crippen LogP contribution in [0.3, 0.4) is 0 Å². The highest BCUT2D eigenvalue weighted by molar-refractivity contribution is 4.79. The van der Waals surface area contributed by atoms with E-state index in [0.717, 1.165) is 0 Å². The lowest BCUT2D eigenvalue weighted by Crippen LogP contribution is -2.11. The van der Waals surface area contributed by atoms with Gasteiger partial charge >= 0.3 is 0 Å². The predicted molar refractivity (Wildman–Crippen MR) is 44.0 cm³/mol. The van der Waals surface area contributed by atoms with Crippen LogP contribution in [-0.4, -0.2) is 17.3 Å². The highest BCUT2D eigenvalue weighted by Crippen LogP contribution is 2.07. The molecule has 0 aromatic heterocycles. The van der Waals surface area contributed by atoms with Crippen molar-refractivity contribution in [3.05, 3.63) is 23.1 Å². The molecule has 0 aliphatic heterocycles. The van der Waals surface area contributed by atoms with Gasteiger partial charge in [-0.15, -0.1) is 6.58 Å². The largest absolute Gasteiger partial charge is 0.393 e. The predicted octanol–water partition coefficient (Wildman–Crippen LogP) is 2.01. The van der Waals surface area contributed by atoms with E-state index in [2.05, 4.69) is 16.6 Å². The van der Waals surface area contributed by atoms with Crippen molar-refractivity contribution in [1.82, 2.24) is 0 Å². The van der Waals surface area contributed by atoms with E-state index in [-0.39, 0.29) is 6.04 Å². The molecule has 0 spiro atoms. The second kappa shape index (κ2) is 5.77. The molecule has 0 fully saturated rings. The molecular formula is C7H13N3O. The van der Waals surface area contributed by atoms with E-state index in [1.807, 2.05) is 0 Å². The Bertz CT molecular complexity index is 161. The molecule has 0 amide bonds. The molecule has 0 bridgehead atoms. The first-order chi connectivity index (χ1) is 5.20. The second-order valence-corrected chi connectivity index (χ2v) is 2.47. The molecule has 0 heterocycles. The summed E-state index contributed by atoms with van der Waals surface area (Å²) in [5, 5.41) is 12.5. The van der Waals surface area contributed by atoms with Crippen molar-refractivity contribution in [2.75, 3.05) is 0 Å². The van der Waals surface area contributed by atoms with Crippen LogP contribution in [0, 0.1) is 0 Å². The van der Waals surface area contributed by atoms with Crippen LogP contribution >= 0.6 is 0 Å². The first-order valence-electron chi connectivity index (χ1n) is 3.53. The highest BCUT2D eigenvalue weighted by atomic mass is 16.3. The summed E-state index contributed by atoms with van der Waals surface area (Å²) in [6, 6.07) is -0.155. The van der Waals surface area contributed by atoms with Gasteiger partial charge in [0.1, 0.15) is 0 Å². The van der Waals surface area contributed by atoms with Crippen LogP contribution in [0.2, 0.25) is 0 Å². The molecule has 1 unspecified atom stereocenters. The molecule has 0 rings (SSSR count). The molecule has 0 aliphatic carbocycles. The zero-order valence-electron chi connectivity index (χ0n) is 6.64. The highest BCUT2D eigenvalue weighted by Gasteiger charge is 2.06. The minimum atomic E-state index is -0.426. The molecule has 4 nitrogen and oxygen atoms in total. The van der Waals surface area contributed by atoms with Gasteiger partial charge in [-0.1, -0.05) is 11.2 Å². The fraction of sp³-hybridized carbons (Fsp3) is 0.714. The molecule has 11 heavy (non-hydrogen) atoms. The molecule has 0 aliphatic rings. The van der Waals surface area contributed by atoms with E-state index in [4.69, 9.17) is 10.6 Å². The molecule has 4 heteroatoms. The number of hydrogen-bond acceptors (Lipinski definition) is 2. The summed E-state index contributed by atoms with van der Waals surface area (Å²) in [6.07, 6.45) is 2.37. The number of azide groups is 1. The topological polar surface area (TPSA) is 69.0 Å². The van der Waals surface area contributed by atoms with Crippen molar-refractivity contribution in [3.8, 4) is 0 Å². The maximum atomic E-state index is 8.96. The minimum Gasteiger partial charge on any atom is -0.393 e. The summed E-state index contributed by atoms with van der Waals surface area (Å²) in [6.45, 7) is 5.19. The Morgan fingerprint density at radius 1 is 1.82 bits per heavy atom. The smallest absolute Gasteiger partial charge is 0.0516 e. The number of aliphatic hydroxyl groups is 1. The van der Waals surface area contributed by atoms with Crippen LogP contribution in [-0.2, 0) is 0 Å². The van der Waals surface area contributed by atoms with Crippen molar-refractivity contribution >= 4 is 0 Å². The van der Waals surface area contributed by atoms with Gasteiger partial charge in [0.25, 0.3) is 0 Å². The lowest BCUT2D eigenvalue weighted by Gasteiger charge is -2.09. The quantitative estimate of drug-likeness (QED) is 0.280. The molecule has 0 aromatic rings. The van der Waals surface area contributed by atoms with Crippen LogP contribution in [0.4, 0.5) is 0 Å². The number of rotatable bonds is 5. The fourth-order valence-electron chi connectivity index (χ4n) is 0.850. The number of aliphatic hydroxyl groups excluding tert-OH is 1. The Morgan fingerprint density at radius 2 is 2.45 bits per heavy atom. The summed E-state index contributed by atoms with van der Waals surface area (Å²) in [4.78, 5) is 2.67. The van der Waals surface area contributed by atoms with Gasteiger partial charge in [-0.2, -0.15) is 0 Å². The summed E-state index contributed by atoms with van der Waals surface area (Å²) in [7, 11) is 0. The lowest BCUT2D eigenvalue weighted by atomic mass is 10.1. The van der Waals surface area contributed by atoms with E-state index in [1.165, 1.54) is 0 Å². The lowest BCUT2D eigenvalue weighted by molar-refractivity contribution is 0.175. The van der Waals surface area contributed by atoms with Gasteiger partial charge in [-0.3, -0.25) is 0 Å². The van der Waals surface area contributed by atoms with Gasteiger partial charge < -0.3 is 5.11 Å². The van der Waals surface area contributed by atoms with E-state index >= 15 is 0 Å². The van der Waals surface area contributed by atoms with Gasteiger partial charge in [0, 0.05) is 11.0 Å². The Morgan fingerprint density at radius 3 is 2.82 bits per heavy atom. The van der Waals surface area contributed by atoms with Gasteiger partial charge in [-0.25, -0.2) is 0 Å². The fourth-order valence-corrected chi connectivity index (χ4v) is 0.850. The maximum Gasteiger partial charge on any atom is 0.0516 e. The summed E-state index contributed by atoms with van der Waals surface area (Å²) in [5.74, 6) is 0. The average molecular weight is 155 g/mol. The number of nitrogens with zero attached hydrogens (tertiary/aromatic N) is 3. The van der Waals surface area contributed by atoms with Crippen molar-refractivity contribution in [2.45, 2.75) is 31.9 Å². The summed E-state index contributed by atoms with van der Waals surface area (Å²) < 4.78 is 0. The minimum absolute atomic E-state index is 0.155. The van der Waals surface area contributed by atoms with Crippen LogP contribution in [0.1, 0.15) is 19.8 Å². The van der Waals surface area contributed by atoms with Gasteiger partial charge in [-0.05, 0) is 25.3 Å². The van der Waals surface area contributed by atoms with E-state index in [9.17, 15) is 0 Å². The molecule has 0 saturated heterocycles. The monoisotopic (exact) mass is 155 g/mol. The zero-order valence-corrected chi connectivity index (χ0v) is 6.64. The van der Waals surface area contributed by atoms with Crippen LogP contribution in [0.25, 0.3) is 10.4 Å². The Balaban J connectivity index is 3.87. The molecule has 0 aromatic carbocycles. The van der Waals surface area contributed by atoms with Gasteiger partial charge in [0.05, 0.1) is 6.10 Å². The Hall–Kier alpha value is -0.990. The van der Waals surface area contributed by atoms with Gasteiger partial charge in [0.15, 0.2) is 0 Å². The average Bonchev–Trinajstić information content (AvgIpc) is 1.87. The van der Waals surface area contributed by atoms with Crippen LogP contribution < -0.4 is 0 Å². The number of hydrogen-bond donors (Lipinski definition) is 1. The molecule has 0 radical (unpaired) electrons. The summed E-state index contributed by atoms with van der Waals surface area (Å²) in [5.41, 5.74) is 8.12. The zero-order chi connectivity index (χ0) is 8.69. The normalized spacial score (nSPS) is 14.7. The van der Waals surface area contributed by atoms with E-state index in [0.29, 0.717) is 12.8 Å². The first kappa shape index (κ1) is 10.0. The molecular weight excluding hydrogens is 142 g/mol. The van der Waals surface area contributed by atoms with Crippen molar-refractivity contribution in [2.24, 2.45) is 5.11 Å². The molecule has 0 saturated carbocycles. The standard InChI is InChI=1S/C7H13N3O/c1-3-4-7(9-10-8)5-6(2)11/h3,6-7,11H,1,4-5H2,2H3/t6?,7-/m1/s1. The Kier molecular flexibility index (Phi) is 5.25. The first-order valence-corrected chi connectivity index (χ1v) is 3.53. The van der Waals surface area contributed by atoms with Crippen LogP contribution in [0.15, 0.2) is 17.8 Å². The van der Waals surface area contributed by atoms with E-state index in [1.54, 1.807) is 13.0 Å². The van der Waals surface area contributed by atoms with Crippen molar-refractivity contribution in [3.63, 3.8) is 0 Å². The van der Waals surface area contributed by atoms with Crippen molar-refractivity contribution in [1.29, 1.82) is 0 Å².